The van der Waals surface area contributed by atoms with Gasteiger partial charge in [-0.15, -0.1) is 11.3 Å². The lowest BCUT2D eigenvalue weighted by Crippen LogP contribution is -2.13. The van der Waals surface area contributed by atoms with Crippen LogP contribution < -0.4 is 5.32 Å². The zero-order chi connectivity index (χ0) is 14.9. The first-order valence-corrected chi connectivity index (χ1v) is 7.13. The van der Waals surface area contributed by atoms with Crippen molar-refractivity contribution in [2.45, 2.75) is 6.92 Å². The SMILES string of the molecule is Cc1cc(C(=O)O)c(NC(=O)c2ccc(Br)c(O)c2)s1. The lowest BCUT2D eigenvalue weighted by Gasteiger charge is -2.05. The number of carboxylic acid groups (broad SMARTS) is 1. The summed E-state index contributed by atoms with van der Waals surface area (Å²) in [5.41, 5.74) is 0.301. The number of halogens is 1. The van der Waals surface area contributed by atoms with Crippen LogP contribution in [0.2, 0.25) is 0 Å². The van der Waals surface area contributed by atoms with Crippen LogP contribution in [0, 0.1) is 6.92 Å². The molecule has 20 heavy (non-hydrogen) atoms. The molecule has 0 saturated heterocycles. The lowest BCUT2D eigenvalue weighted by molar-refractivity contribution is 0.0698. The second-order valence-corrected chi connectivity index (χ2v) is 6.14. The summed E-state index contributed by atoms with van der Waals surface area (Å²) in [4.78, 5) is 23.9. The number of phenolic OH excluding ortho intramolecular Hbond substituents is 1. The smallest absolute Gasteiger partial charge is 0.338 e. The molecule has 5 nitrogen and oxygen atoms in total. The molecule has 2 aromatic rings. The van der Waals surface area contributed by atoms with E-state index in [0.29, 0.717) is 4.47 Å². The number of carbonyl (C=O) groups excluding carboxylic acids is 1. The van der Waals surface area contributed by atoms with Gasteiger partial charge in [0.2, 0.25) is 0 Å². The number of thiophene rings is 1. The minimum Gasteiger partial charge on any atom is -0.507 e. The van der Waals surface area contributed by atoms with Crippen molar-refractivity contribution in [3.05, 3.63) is 44.7 Å². The van der Waals surface area contributed by atoms with Crippen molar-refractivity contribution in [1.29, 1.82) is 0 Å². The molecule has 1 heterocycles. The van der Waals surface area contributed by atoms with Crippen molar-refractivity contribution in [2.24, 2.45) is 0 Å². The molecule has 0 atom stereocenters. The van der Waals surface area contributed by atoms with Crippen molar-refractivity contribution in [3.8, 4) is 5.75 Å². The largest absolute Gasteiger partial charge is 0.507 e. The van der Waals surface area contributed by atoms with E-state index < -0.39 is 11.9 Å². The second-order valence-electron chi connectivity index (χ2n) is 4.03. The molecule has 2 rings (SSSR count). The van der Waals surface area contributed by atoms with Crippen molar-refractivity contribution in [2.75, 3.05) is 5.32 Å². The molecule has 0 bridgehead atoms. The first kappa shape index (κ1) is 14.5. The number of aromatic carboxylic acids is 1. The van der Waals surface area contributed by atoms with Gasteiger partial charge in [-0.2, -0.15) is 0 Å². The van der Waals surface area contributed by atoms with E-state index in [4.69, 9.17) is 5.11 Å². The van der Waals surface area contributed by atoms with E-state index in [9.17, 15) is 14.7 Å². The number of hydrogen-bond acceptors (Lipinski definition) is 4. The number of hydrogen-bond donors (Lipinski definition) is 3. The number of rotatable bonds is 3. The van der Waals surface area contributed by atoms with Gasteiger partial charge >= 0.3 is 5.97 Å². The Morgan fingerprint density at radius 2 is 2.00 bits per heavy atom. The number of aromatic hydroxyl groups is 1. The summed E-state index contributed by atoms with van der Waals surface area (Å²) in [6.45, 7) is 1.76. The summed E-state index contributed by atoms with van der Waals surface area (Å²) in [5, 5.41) is 21.4. The van der Waals surface area contributed by atoms with Crippen LogP contribution in [0.15, 0.2) is 28.7 Å². The van der Waals surface area contributed by atoms with E-state index in [0.717, 1.165) is 4.88 Å². The fourth-order valence-electron chi connectivity index (χ4n) is 1.60. The van der Waals surface area contributed by atoms with Gasteiger partial charge in [-0.3, -0.25) is 4.79 Å². The Morgan fingerprint density at radius 1 is 1.30 bits per heavy atom. The molecule has 0 fully saturated rings. The third-order valence-corrected chi connectivity index (χ3v) is 4.16. The Kier molecular flexibility index (Phi) is 4.10. The number of aryl methyl sites for hydroxylation is 1. The maximum absolute atomic E-state index is 12.0. The van der Waals surface area contributed by atoms with E-state index in [-0.39, 0.29) is 21.9 Å². The molecular weight excluding hydrogens is 346 g/mol. The number of amides is 1. The highest BCUT2D eigenvalue weighted by molar-refractivity contribution is 9.10. The molecule has 0 aliphatic rings. The number of carboxylic acids is 1. The van der Waals surface area contributed by atoms with Crippen LogP contribution in [-0.2, 0) is 0 Å². The Labute approximate surface area is 127 Å². The average Bonchev–Trinajstić information content (AvgIpc) is 2.73. The van der Waals surface area contributed by atoms with E-state index in [2.05, 4.69) is 21.2 Å². The molecule has 1 aromatic carbocycles. The quantitative estimate of drug-likeness (QED) is 0.786. The molecule has 3 N–H and O–H groups in total. The Hall–Kier alpha value is -1.86. The Bertz CT molecular complexity index is 696. The van der Waals surface area contributed by atoms with Gasteiger partial charge in [0, 0.05) is 10.4 Å². The first-order chi connectivity index (χ1) is 9.38. The molecular formula is C13H10BrNO4S. The Balaban J connectivity index is 2.27. The second kappa shape index (κ2) is 5.64. The van der Waals surface area contributed by atoms with E-state index in [1.165, 1.54) is 29.5 Å². The molecule has 0 unspecified atom stereocenters. The highest BCUT2D eigenvalue weighted by Gasteiger charge is 2.17. The summed E-state index contributed by atoms with van der Waals surface area (Å²) in [5.74, 6) is -1.63. The highest BCUT2D eigenvalue weighted by Crippen LogP contribution is 2.29. The molecule has 1 aromatic heterocycles. The van der Waals surface area contributed by atoms with Crippen LogP contribution in [0.1, 0.15) is 25.6 Å². The monoisotopic (exact) mass is 355 g/mol. The predicted molar refractivity (Wildman–Crippen MR) is 79.8 cm³/mol. The third-order valence-electron chi connectivity index (χ3n) is 2.52. The Morgan fingerprint density at radius 3 is 2.60 bits per heavy atom. The predicted octanol–water partition coefficient (Wildman–Crippen LogP) is 3.48. The summed E-state index contributed by atoms with van der Waals surface area (Å²) >= 11 is 4.31. The zero-order valence-electron chi connectivity index (χ0n) is 10.3. The maximum atomic E-state index is 12.0. The van der Waals surface area contributed by atoms with Crippen molar-refractivity contribution >= 4 is 44.1 Å². The number of anilines is 1. The molecule has 7 heteroatoms. The zero-order valence-corrected chi connectivity index (χ0v) is 12.7. The van der Waals surface area contributed by atoms with Crippen LogP contribution in [0.5, 0.6) is 5.75 Å². The summed E-state index contributed by atoms with van der Waals surface area (Å²) in [6.07, 6.45) is 0. The number of carbonyl (C=O) groups is 2. The van der Waals surface area contributed by atoms with Crippen LogP contribution >= 0.6 is 27.3 Å². The lowest BCUT2D eigenvalue weighted by atomic mass is 10.2. The van der Waals surface area contributed by atoms with Gasteiger partial charge in [0.1, 0.15) is 10.8 Å². The molecule has 0 aliphatic carbocycles. The summed E-state index contributed by atoms with van der Waals surface area (Å²) in [6, 6.07) is 5.88. The van der Waals surface area contributed by atoms with E-state index in [1.54, 1.807) is 13.0 Å². The fourth-order valence-corrected chi connectivity index (χ4v) is 2.74. The fraction of sp³-hybridized carbons (Fsp3) is 0.0769. The summed E-state index contributed by atoms with van der Waals surface area (Å²) < 4.78 is 0.479. The standard InChI is InChI=1S/C13H10BrNO4S/c1-6-4-8(13(18)19)12(20-6)15-11(17)7-2-3-9(14)10(16)5-7/h2-5,16H,1H3,(H,15,17)(H,18,19). The van der Waals surface area contributed by atoms with Gasteiger partial charge in [-0.1, -0.05) is 0 Å². The van der Waals surface area contributed by atoms with Crippen molar-refractivity contribution < 1.29 is 19.8 Å². The third kappa shape index (κ3) is 3.00. The van der Waals surface area contributed by atoms with Crippen LogP contribution in [0.4, 0.5) is 5.00 Å². The molecule has 0 spiro atoms. The van der Waals surface area contributed by atoms with Gasteiger partial charge in [0.05, 0.1) is 10.0 Å². The minimum absolute atomic E-state index is 0.0570. The van der Waals surface area contributed by atoms with E-state index in [1.807, 2.05) is 0 Å². The van der Waals surface area contributed by atoms with Gasteiger partial charge in [0.25, 0.3) is 5.91 Å². The molecule has 0 aliphatic heterocycles. The van der Waals surface area contributed by atoms with Crippen LogP contribution in [0.3, 0.4) is 0 Å². The molecule has 0 saturated carbocycles. The van der Waals surface area contributed by atoms with Crippen molar-refractivity contribution in [3.63, 3.8) is 0 Å². The van der Waals surface area contributed by atoms with Gasteiger partial charge in [-0.25, -0.2) is 4.79 Å². The van der Waals surface area contributed by atoms with Crippen molar-refractivity contribution in [1.82, 2.24) is 0 Å². The molecule has 1 amide bonds. The molecule has 104 valence electrons. The molecule has 0 radical (unpaired) electrons. The van der Waals surface area contributed by atoms with Gasteiger partial charge < -0.3 is 15.5 Å². The number of phenols is 1. The first-order valence-electron chi connectivity index (χ1n) is 5.52. The van der Waals surface area contributed by atoms with E-state index >= 15 is 0 Å². The van der Waals surface area contributed by atoms with Gasteiger partial charge in [-0.05, 0) is 47.1 Å². The number of benzene rings is 1. The maximum Gasteiger partial charge on any atom is 0.338 e. The number of nitrogens with one attached hydrogen (secondary N) is 1. The summed E-state index contributed by atoms with van der Waals surface area (Å²) in [7, 11) is 0. The topological polar surface area (TPSA) is 86.6 Å². The van der Waals surface area contributed by atoms with Gasteiger partial charge in [0.15, 0.2) is 0 Å². The highest BCUT2D eigenvalue weighted by atomic mass is 79.9. The average molecular weight is 356 g/mol. The van der Waals surface area contributed by atoms with Crippen LogP contribution in [0.25, 0.3) is 0 Å². The normalized spacial score (nSPS) is 10.3. The minimum atomic E-state index is -1.09. The van der Waals surface area contributed by atoms with Crippen LogP contribution in [-0.4, -0.2) is 22.1 Å².